The van der Waals surface area contributed by atoms with Crippen LogP contribution in [0.1, 0.15) is 52.4 Å². The number of hydrogen-bond donors (Lipinski definition) is 2. The quantitative estimate of drug-likeness (QED) is 0.712. The van der Waals surface area contributed by atoms with Crippen molar-refractivity contribution in [2.45, 2.75) is 64.5 Å². The van der Waals surface area contributed by atoms with Gasteiger partial charge in [0.15, 0.2) is 0 Å². The number of nitrogens with one attached hydrogen (secondary N) is 1. The van der Waals surface area contributed by atoms with Gasteiger partial charge in [-0.05, 0) is 45.6 Å². The highest BCUT2D eigenvalue weighted by molar-refractivity contribution is 4.75. The third kappa shape index (κ3) is 4.43. The first-order valence-corrected chi connectivity index (χ1v) is 6.11. The summed E-state index contributed by atoms with van der Waals surface area (Å²) in [5, 5.41) is 12.7. The fourth-order valence-corrected chi connectivity index (χ4v) is 2.32. The van der Waals surface area contributed by atoms with Crippen molar-refractivity contribution in [3.63, 3.8) is 0 Å². The Labute approximate surface area is 88.1 Å². The summed E-state index contributed by atoms with van der Waals surface area (Å²) in [4.78, 5) is 0. The molecule has 84 valence electrons. The van der Waals surface area contributed by atoms with Gasteiger partial charge in [-0.1, -0.05) is 19.3 Å². The molecule has 0 aliphatic heterocycles. The molecule has 0 saturated heterocycles. The summed E-state index contributed by atoms with van der Waals surface area (Å²) >= 11 is 0. The molecule has 0 radical (unpaired) electrons. The molecular weight excluding hydrogens is 174 g/mol. The van der Waals surface area contributed by atoms with Crippen molar-refractivity contribution < 1.29 is 5.11 Å². The van der Waals surface area contributed by atoms with Gasteiger partial charge in [0.25, 0.3) is 0 Å². The van der Waals surface area contributed by atoms with E-state index in [4.69, 9.17) is 5.11 Å². The SMILES string of the molecule is CC(O)CCN[C@@H](C)C1CCCCC1. The van der Waals surface area contributed by atoms with Gasteiger partial charge >= 0.3 is 0 Å². The van der Waals surface area contributed by atoms with Gasteiger partial charge in [0, 0.05) is 6.04 Å². The van der Waals surface area contributed by atoms with E-state index in [0.717, 1.165) is 18.9 Å². The minimum atomic E-state index is -0.166. The van der Waals surface area contributed by atoms with E-state index in [1.807, 2.05) is 6.92 Å². The van der Waals surface area contributed by atoms with Crippen molar-refractivity contribution in [3.8, 4) is 0 Å². The van der Waals surface area contributed by atoms with Crippen LogP contribution in [0.4, 0.5) is 0 Å². The van der Waals surface area contributed by atoms with Crippen molar-refractivity contribution in [2.75, 3.05) is 6.54 Å². The Kier molecular flexibility index (Phi) is 5.49. The van der Waals surface area contributed by atoms with Crippen molar-refractivity contribution in [2.24, 2.45) is 5.92 Å². The predicted octanol–water partition coefficient (Wildman–Crippen LogP) is 2.32. The molecule has 2 nitrogen and oxygen atoms in total. The number of hydrogen-bond acceptors (Lipinski definition) is 2. The molecule has 0 aromatic carbocycles. The summed E-state index contributed by atoms with van der Waals surface area (Å²) in [5.41, 5.74) is 0. The van der Waals surface area contributed by atoms with E-state index in [9.17, 15) is 0 Å². The number of aliphatic hydroxyl groups is 1. The van der Waals surface area contributed by atoms with Crippen molar-refractivity contribution in [1.82, 2.24) is 5.32 Å². The van der Waals surface area contributed by atoms with E-state index in [2.05, 4.69) is 12.2 Å². The fraction of sp³-hybridized carbons (Fsp3) is 1.00. The standard InChI is InChI=1S/C12H25NO/c1-10(14)8-9-13-11(2)12-6-4-3-5-7-12/h10-14H,3-9H2,1-2H3/t10?,11-/m0/s1. The molecule has 2 heteroatoms. The summed E-state index contributed by atoms with van der Waals surface area (Å²) in [7, 11) is 0. The van der Waals surface area contributed by atoms with E-state index in [0.29, 0.717) is 6.04 Å². The highest BCUT2D eigenvalue weighted by atomic mass is 16.3. The van der Waals surface area contributed by atoms with Crippen LogP contribution in [0.2, 0.25) is 0 Å². The van der Waals surface area contributed by atoms with Crippen LogP contribution in [0.25, 0.3) is 0 Å². The molecule has 0 bridgehead atoms. The van der Waals surface area contributed by atoms with Crippen LogP contribution in [-0.2, 0) is 0 Å². The topological polar surface area (TPSA) is 32.3 Å². The summed E-state index contributed by atoms with van der Waals surface area (Å²) in [5.74, 6) is 0.873. The molecule has 1 aliphatic carbocycles. The van der Waals surface area contributed by atoms with E-state index >= 15 is 0 Å². The van der Waals surface area contributed by atoms with Gasteiger partial charge in [-0.3, -0.25) is 0 Å². The number of aliphatic hydroxyl groups excluding tert-OH is 1. The molecule has 0 amide bonds. The zero-order chi connectivity index (χ0) is 10.4. The first kappa shape index (κ1) is 12.0. The lowest BCUT2D eigenvalue weighted by Gasteiger charge is -2.28. The molecule has 1 fully saturated rings. The molecule has 2 atom stereocenters. The maximum absolute atomic E-state index is 9.14. The van der Waals surface area contributed by atoms with Crippen LogP contribution < -0.4 is 5.32 Å². The maximum atomic E-state index is 9.14. The van der Waals surface area contributed by atoms with E-state index < -0.39 is 0 Å². The van der Waals surface area contributed by atoms with Gasteiger partial charge in [-0.25, -0.2) is 0 Å². The monoisotopic (exact) mass is 199 g/mol. The molecule has 0 aromatic heterocycles. The summed E-state index contributed by atoms with van der Waals surface area (Å²) in [6.07, 6.45) is 7.74. The average Bonchev–Trinajstić information content (AvgIpc) is 2.18. The van der Waals surface area contributed by atoms with Crippen LogP contribution >= 0.6 is 0 Å². The molecule has 0 spiro atoms. The highest BCUT2D eigenvalue weighted by Crippen LogP contribution is 2.26. The van der Waals surface area contributed by atoms with E-state index in [1.54, 1.807) is 0 Å². The average molecular weight is 199 g/mol. The van der Waals surface area contributed by atoms with Gasteiger partial charge in [0.1, 0.15) is 0 Å². The minimum Gasteiger partial charge on any atom is -0.393 e. The van der Waals surface area contributed by atoms with Gasteiger partial charge in [0.05, 0.1) is 6.10 Å². The van der Waals surface area contributed by atoms with Crippen molar-refractivity contribution >= 4 is 0 Å². The first-order valence-electron chi connectivity index (χ1n) is 6.11. The van der Waals surface area contributed by atoms with Gasteiger partial charge in [-0.2, -0.15) is 0 Å². The Morgan fingerprint density at radius 3 is 2.43 bits per heavy atom. The van der Waals surface area contributed by atoms with Crippen molar-refractivity contribution in [3.05, 3.63) is 0 Å². The maximum Gasteiger partial charge on any atom is 0.0524 e. The third-order valence-corrected chi connectivity index (χ3v) is 3.39. The number of rotatable bonds is 5. The van der Waals surface area contributed by atoms with Crippen LogP contribution in [0.3, 0.4) is 0 Å². The Bertz CT molecular complexity index is 141. The minimum absolute atomic E-state index is 0.166. The van der Waals surface area contributed by atoms with Gasteiger partial charge in [-0.15, -0.1) is 0 Å². The summed E-state index contributed by atoms with van der Waals surface area (Å²) in [6.45, 7) is 5.10. The Morgan fingerprint density at radius 1 is 1.21 bits per heavy atom. The molecule has 1 unspecified atom stereocenters. The second-order valence-electron chi connectivity index (χ2n) is 4.78. The van der Waals surface area contributed by atoms with Gasteiger partial charge < -0.3 is 10.4 Å². The largest absolute Gasteiger partial charge is 0.393 e. The highest BCUT2D eigenvalue weighted by Gasteiger charge is 2.19. The fourth-order valence-electron chi connectivity index (χ4n) is 2.32. The zero-order valence-corrected chi connectivity index (χ0v) is 9.63. The van der Waals surface area contributed by atoms with E-state index in [-0.39, 0.29) is 6.10 Å². The third-order valence-electron chi connectivity index (χ3n) is 3.39. The summed E-state index contributed by atoms with van der Waals surface area (Å²) in [6, 6.07) is 0.633. The zero-order valence-electron chi connectivity index (χ0n) is 9.63. The predicted molar refractivity (Wildman–Crippen MR) is 60.3 cm³/mol. The van der Waals surface area contributed by atoms with Crippen LogP contribution in [0.5, 0.6) is 0 Å². The second-order valence-corrected chi connectivity index (χ2v) is 4.78. The first-order chi connectivity index (χ1) is 6.70. The lowest BCUT2D eigenvalue weighted by Crippen LogP contribution is -2.36. The molecule has 1 saturated carbocycles. The Balaban J connectivity index is 2.10. The summed E-state index contributed by atoms with van der Waals surface area (Å²) < 4.78 is 0. The van der Waals surface area contributed by atoms with Crippen LogP contribution in [0, 0.1) is 5.92 Å². The van der Waals surface area contributed by atoms with E-state index in [1.165, 1.54) is 32.1 Å². The molecule has 0 aromatic rings. The molecule has 1 aliphatic rings. The second kappa shape index (κ2) is 6.41. The van der Waals surface area contributed by atoms with Crippen LogP contribution in [-0.4, -0.2) is 23.8 Å². The normalized spacial score (nSPS) is 23.4. The van der Waals surface area contributed by atoms with Crippen molar-refractivity contribution in [1.29, 1.82) is 0 Å². The lowest BCUT2D eigenvalue weighted by molar-refractivity contribution is 0.178. The van der Waals surface area contributed by atoms with Crippen LogP contribution in [0.15, 0.2) is 0 Å². The molecule has 14 heavy (non-hydrogen) atoms. The molecule has 2 N–H and O–H groups in total. The Hall–Kier alpha value is -0.0800. The molecule has 1 rings (SSSR count). The molecule has 0 heterocycles. The molecular formula is C12H25NO. The van der Waals surface area contributed by atoms with Gasteiger partial charge in [0.2, 0.25) is 0 Å². The lowest BCUT2D eigenvalue weighted by atomic mass is 9.84. The Morgan fingerprint density at radius 2 is 1.86 bits per heavy atom. The smallest absolute Gasteiger partial charge is 0.0524 e.